The van der Waals surface area contributed by atoms with Gasteiger partial charge in [-0.25, -0.2) is 4.98 Å². The van der Waals surface area contributed by atoms with Gasteiger partial charge in [0.05, 0.1) is 5.69 Å². The fourth-order valence-corrected chi connectivity index (χ4v) is 2.83. The number of nitrogens with zero attached hydrogens (tertiary/aromatic N) is 4. The molecule has 0 radical (unpaired) electrons. The second kappa shape index (κ2) is 5.48. The molecule has 0 spiro atoms. The standard InChI is InChI=1S/C16H22N4O/c1-4-13-15(16(21)19-9-7-18(3)8-10-19)20-6-5-12(2)11-14(20)17-13/h5-6,11H,4,7-10H2,1-3H3. The van der Waals surface area contributed by atoms with Gasteiger partial charge in [0.15, 0.2) is 0 Å². The van der Waals surface area contributed by atoms with E-state index >= 15 is 0 Å². The highest BCUT2D eigenvalue weighted by Crippen LogP contribution is 2.17. The van der Waals surface area contributed by atoms with Gasteiger partial charge >= 0.3 is 0 Å². The van der Waals surface area contributed by atoms with Crippen LogP contribution in [0.4, 0.5) is 0 Å². The summed E-state index contributed by atoms with van der Waals surface area (Å²) in [7, 11) is 2.09. The first-order valence-corrected chi connectivity index (χ1v) is 7.55. The number of pyridine rings is 1. The Balaban J connectivity index is 2.00. The fourth-order valence-electron chi connectivity index (χ4n) is 2.83. The van der Waals surface area contributed by atoms with Crippen molar-refractivity contribution in [3.63, 3.8) is 0 Å². The molecule has 21 heavy (non-hydrogen) atoms. The smallest absolute Gasteiger partial charge is 0.272 e. The van der Waals surface area contributed by atoms with Crippen molar-refractivity contribution in [2.45, 2.75) is 20.3 Å². The quantitative estimate of drug-likeness (QED) is 0.842. The normalized spacial score (nSPS) is 16.6. The average Bonchev–Trinajstić information content (AvgIpc) is 2.84. The summed E-state index contributed by atoms with van der Waals surface area (Å²) in [5.74, 6) is 0.108. The SMILES string of the molecule is CCc1nc2cc(C)ccn2c1C(=O)N1CCN(C)CC1. The van der Waals surface area contributed by atoms with E-state index < -0.39 is 0 Å². The lowest BCUT2D eigenvalue weighted by Gasteiger charge is -2.32. The van der Waals surface area contributed by atoms with E-state index in [4.69, 9.17) is 0 Å². The number of hydrogen-bond acceptors (Lipinski definition) is 3. The second-order valence-corrected chi connectivity index (χ2v) is 5.79. The molecule has 1 aliphatic heterocycles. The summed E-state index contributed by atoms with van der Waals surface area (Å²) in [5, 5.41) is 0. The molecule has 0 unspecified atom stereocenters. The van der Waals surface area contributed by atoms with Crippen LogP contribution in [0.2, 0.25) is 0 Å². The van der Waals surface area contributed by atoms with Crippen molar-refractivity contribution in [2.24, 2.45) is 0 Å². The molecule has 1 amide bonds. The van der Waals surface area contributed by atoms with Crippen LogP contribution in [0.5, 0.6) is 0 Å². The van der Waals surface area contributed by atoms with Crippen LogP contribution in [0.1, 0.15) is 28.7 Å². The predicted molar refractivity (Wildman–Crippen MR) is 82.7 cm³/mol. The molecule has 0 bridgehead atoms. The van der Waals surface area contributed by atoms with E-state index in [1.165, 1.54) is 0 Å². The van der Waals surface area contributed by atoms with Gasteiger partial charge in [-0.15, -0.1) is 0 Å². The van der Waals surface area contributed by atoms with Crippen molar-refractivity contribution in [1.82, 2.24) is 19.2 Å². The minimum absolute atomic E-state index is 0.108. The van der Waals surface area contributed by atoms with E-state index in [0.29, 0.717) is 0 Å². The molecule has 0 aromatic carbocycles. The van der Waals surface area contributed by atoms with E-state index in [0.717, 1.165) is 55.2 Å². The molecule has 3 heterocycles. The Labute approximate surface area is 125 Å². The van der Waals surface area contributed by atoms with Gasteiger partial charge in [-0.1, -0.05) is 6.92 Å². The number of aromatic nitrogens is 2. The van der Waals surface area contributed by atoms with E-state index in [1.807, 2.05) is 34.6 Å². The summed E-state index contributed by atoms with van der Waals surface area (Å²) in [6.07, 6.45) is 2.73. The number of likely N-dealkylation sites (N-methyl/N-ethyl adjacent to an activating group) is 1. The molecule has 112 valence electrons. The Kier molecular flexibility index (Phi) is 3.68. The van der Waals surface area contributed by atoms with Crippen LogP contribution in [0.3, 0.4) is 0 Å². The number of rotatable bonds is 2. The number of imidazole rings is 1. The highest BCUT2D eigenvalue weighted by Gasteiger charge is 2.25. The minimum Gasteiger partial charge on any atom is -0.335 e. The van der Waals surface area contributed by atoms with Gasteiger partial charge in [-0.05, 0) is 38.1 Å². The molecule has 0 N–H and O–H groups in total. The van der Waals surface area contributed by atoms with E-state index in [-0.39, 0.29) is 5.91 Å². The molecule has 3 rings (SSSR count). The number of carbonyl (C=O) groups excluding carboxylic acids is 1. The second-order valence-electron chi connectivity index (χ2n) is 5.79. The Hall–Kier alpha value is -1.88. The Morgan fingerprint density at radius 1 is 1.29 bits per heavy atom. The Bertz CT molecular complexity index is 668. The molecular weight excluding hydrogens is 264 g/mol. The largest absolute Gasteiger partial charge is 0.335 e. The first kappa shape index (κ1) is 14.1. The zero-order chi connectivity index (χ0) is 15.0. The number of hydrogen-bond donors (Lipinski definition) is 0. The zero-order valence-electron chi connectivity index (χ0n) is 13.0. The van der Waals surface area contributed by atoms with Gasteiger partial charge in [-0.3, -0.25) is 9.20 Å². The van der Waals surface area contributed by atoms with Gasteiger partial charge in [0.25, 0.3) is 5.91 Å². The lowest BCUT2D eigenvalue weighted by Crippen LogP contribution is -2.47. The summed E-state index contributed by atoms with van der Waals surface area (Å²) in [5.41, 5.74) is 3.65. The highest BCUT2D eigenvalue weighted by atomic mass is 16.2. The molecule has 5 nitrogen and oxygen atoms in total. The number of carbonyl (C=O) groups is 1. The number of aryl methyl sites for hydroxylation is 2. The van der Waals surface area contributed by atoms with Gasteiger partial charge in [0.1, 0.15) is 11.3 Å². The van der Waals surface area contributed by atoms with Crippen molar-refractivity contribution in [1.29, 1.82) is 0 Å². The summed E-state index contributed by atoms with van der Waals surface area (Å²) >= 11 is 0. The zero-order valence-corrected chi connectivity index (χ0v) is 13.0. The molecular formula is C16H22N4O. The molecule has 1 saturated heterocycles. The van der Waals surface area contributed by atoms with Crippen molar-refractivity contribution in [3.05, 3.63) is 35.3 Å². The van der Waals surface area contributed by atoms with Crippen molar-refractivity contribution in [3.8, 4) is 0 Å². The number of fused-ring (bicyclic) bond motifs is 1. The lowest BCUT2D eigenvalue weighted by atomic mass is 10.2. The molecule has 2 aromatic rings. The third-order valence-corrected chi connectivity index (χ3v) is 4.18. The summed E-state index contributed by atoms with van der Waals surface area (Å²) in [6.45, 7) is 7.54. The summed E-state index contributed by atoms with van der Waals surface area (Å²) in [6, 6.07) is 4.05. The van der Waals surface area contributed by atoms with Crippen LogP contribution in [0.15, 0.2) is 18.3 Å². The molecule has 5 heteroatoms. The molecule has 2 aromatic heterocycles. The molecule has 0 atom stereocenters. The third-order valence-electron chi connectivity index (χ3n) is 4.18. The lowest BCUT2D eigenvalue weighted by molar-refractivity contribution is 0.0656. The van der Waals surface area contributed by atoms with Crippen LogP contribution in [-0.4, -0.2) is 58.3 Å². The monoisotopic (exact) mass is 286 g/mol. The maximum Gasteiger partial charge on any atom is 0.272 e. The average molecular weight is 286 g/mol. The summed E-state index contributed by atoms with van der Waals surface area (Å²) in [4.78, 5) is 21.7. The first-order valence-electron chi connectivity index (χ1n) is 7.55. The first-order chi connectivity index (χ1) is 10.1. The van der Waals surface area contributed by atoms with Crippen molar-refractivity contribution in [2.75, 3.05) is 33.2 Å². The van der Waals surface area contributed by atoms with E-state index in [2.05, 4.69) is 23.9 Å². The number of amides is 1. The van der Waals surface area contributed by atoms with E-state index in [1.54, 1.807) is 0 Å². The third kappa shape index (κ3) is 2.53. The van der Waals surface area contributed by atoms with Gasteiger partial charge in [-0.2, -0.15) is 0 Å². The summed E-state index contributed by atoms with van der Waals surface area (Å²) < 4.78 is 1.94. The van der Waals surface area contributed by atoms with Gasteiger partial charge in [0.2, 0.25) is 0 Å². The molecule has 1 aliphatic rings. The maximum absolute atomic E-state index is 12.9. The van der Waals surface area contributed by atoms with Crippen LogP contribution >= 0.6 is 0 Å². The van der Waals surface area contributed by atoms with Crippen molar-refractivity contribution < 1.29 is 4.79 Å². The number of piperazine rings is 1. The van der Waals surface area contributed by atoms with Crippen molar-refractivity contribution >= 4 is 11.6 Å². The van der Waals surface area contributed by atoms with E-state index in [9.17, 15) is 4.79 Å². The highest BCUT2D eigenvalue weighted by molar-refractivity contribution is 5.95. The van der Waals surface area contributed by atoms with Gasteiger partial charge < -0.3 is 9.80 Å². The van der Waals surface area contributed by atoms with Crippen LogP contribution in [0.25, 0.3) is 5.65 Å². The Morgan fingerprint density at radius 2 is 2.00 bits per heavy atom. The maximum atomic E-state index is 12.9. The molecule has 0 saturated carbocycles. The molecule has 0 aliphatic carbocycles. The fraction of sp³-hybridized carbons (Fsp3) is 0.500. The van der Waals surface area contributed by atoms with Crippen LogP contribution < -0.4 is 0 Å². The predicted octanol–water partition coefficient (Wildman–Crippen LogP) is 1.59. The van der Waals surface area contributed by atoms with Gasteiger partial charge in [0, 0.05) is 32.4 Å². The van der Waals surface area contributed by atoms with Crippen LogP contribution in [0, 0.1) is 6.92 Å². The topological polar surface area (TPSA) is 40.9 Å². The minimum atomic E-state index is 0.108. The van der Waals surface area contributed by atoms with Crippen LogP contribution in [-0.2, 0) is 6.42 Å². The molecule has 1 fully saturated rings. The Morgan fingerprint density at radius 3 is 2.67 bits per heavy atom.